The summed E-state index contributed by atoms with van der Waals surface area (Å²) in [5.41, 5.74) is 3.27. The lowest BCUT2D eigenvalue weighted by molar-refractivity contribution is -0.123. The number of rotatable bonds is 8. The fourth-order valence-corrected chi connectivity index (χ4v) is 4.50. The third-order valence-corrected chi connectivity index (χ3v) is 6.25. The SMILES string of the molecule is CC1CCCN(Cc2ccc(CNC(=O)COc3ccc(N4CCCC4=O)cc3)cc2)C1. The van der Waals surface area contributed by atoms with Gasteiger partial charge in [0.1, 0.15) is 5.75 Å². The zero-order valence-electron chi connectivity index (χ0n) is 18.9. The van der Waals surface area contributed by atoms with E-state index in [1.54, 1.807) is 17.0 Å². The van der Waals surface area contributed by atoms with Crippen molar-refractivity contribution in [2.24, 2.45) is 5.92 Å². The van der Waals surface area contributed by atoms with Crippen molar-refractivity contribution < 1.29 is 14.3 Å². The lowest BCUT2D eigenvalue weighted by Crippen LogP contribution is -2.33. The summed E-state index contributed by atoms with van der Waals surface area (Å²) in [5, 5.41) is 2.91. The van der Waals surface area contributed by atoms with Gasteiger partial charge < -0.3 is 15.0 Å². The smallest absolute Gasteiger partial charge is 0.258 e. The molecule has 2 fully saturated rings. The Balaban J connectivity index is 1.18. The standard InChI is InChI=1S/C26H33N3O3/c1-20-4-2-14-28(17-20)18-22-8-6-21(7-9-22)16-27-25(30)19-32-24-12-10-23(11-13-24)29-15-3-5-26(29)31/h6-13,20H,2-5,14-19H2,1H3,(H,27,30). The van der Waals surface area contributed by atoms with Crippen molar-refractivity contribution in [2.75, 3.05) is 31.1 Å². The maximum atomic E-state index is 12.2. The van der Waals surface area contributed by atoms with Crippen LogP contribution in [-0.2, 0) is 22.7 Å². The summed E-state index contributed by atoms with van der Waals surface area (Å²) in [4.78, 5) is 28.3. The van der Waals surface area contributed by atoms with Crippen molar-refractivity contribution in [3.63, 3.8) is 0 Å². The molecule has 1 atom stereocenters. The molecule has 2 aromatic carbocycles. The summed E-state index contributed by atoms with van der Waals surface area (Å²) >= 11 is 0. The van der Waals surface area contributed by atoms with E-state index in [9.17, 15) is 9.59 Å². The predicted octanol–water partition coefficient (Wildman–Crippen LogP) is 3.74. The first-order valence-electron chi connectivity index (χ1n) is 11.7. The molecule has 2 amide bonds. The van der Waals surface area contributed by atoms with E-state index in [4.69, 9.17) is 4.74 Å². The third-order valence-electron chi connectivity index (χ3n) is 6.25. The van der Waals surface area contributed by atoms with E-state index in [1.807, 2.05) is 12.1 Å². The molecule has 0 aromatic heterocycles. The minimum atomic E-state index is -0.157. The second kappa shape index (κ2) is 10.6. The first-order chi connectivity index (χ1) is 15.6. The van der Waals surface area contributed by atoms with Gasteiger partial charge in [0.2, 0.25) is 5.91 Å². The van der Waals surface area contributed by atoms with Crippen molar-refractivity contribution in [2.45, 2.75) is 45.7 Å². The van der Waals surface area contributed by atoms with Crippen LogP contribution in [0.4, 0.5) is 5.69 Å². The van der Waals surface area contributed by atoms with Gasteiger partial charge in [0, 0.05) is 38.3 Å². The average Bonchev–Trinajstić information content (AvgIpc) is 3.23. The Bertz CT molecular complexity index is 911. The maximum Gasteiger partial charge on any atom is 0.258 e. The lowest BCUT2D eigenvalue weighted by atomic mass is 9.99. The van der Waals surface area contributed by atoms with E-state index in [2.05, 4.69) is 41.4 Å². The van der Waals surface area contributed by atoms with Gasteiger partial charge >= 0.3 is 0 Å². The number of anilines is 1. The second-order valence-corrected chi connectivity index (χ2v) is 9.01. The number of carbonyl (C=O) groups excluding carboxylic acids is 2. The zero-order chi connectivity index (χ0) is 22.3. The molecule has 0 bridgehead atoms. The number of likely N-dealkylation sites (tertiary alicyclic amines) is 1. The molecular formula is C26H33N3O3. The van der Waals surface area contributed by atoms with Crippen LogP contribution in [0.3, 0.4) is 0 Å². The molecular weight excluding hydrogens is 402 g/mol. The van der Waals surface area contributed by atoms with Crippen LogP contribution in [0, 0.1) is 5.92 Å². The van der Waals surface area contributed by atoms with Crippen LogP contribution >= 0.6 is 0 Å². The summed E-state index contributed by atoms with van der Waals surface area (Å²) in [7, 11) is 0. The number of carbonyl (C=O) groups is 2. The predicted molar refractivity (Wildman–Crippen MR) is 125 cm³/mol. The number of benzene rings is 2. The molecule has 0 radical (unpaired) electrons. The Labute approximate surface area is 190 Å². The minimum absolute atomic E-state index is 0.0345. The summed E-state index contributed by atoms with van der Waals surface area (Å²) < 4.78 is 5.59. The molecule has 4 rings (SSSR count). The van der Waals surface area contributed by atoms with Crippen LogP contribution in [0.2, 0.25) is 0 Å². The normalized spacial score (nSPS) is 19.2. The van der Waals surface area contributed by atoms with Crippen molar-refractivity contribution >= 4 is 17.5 Å². The van der Waals surface area contributed by atoms with Gasteiger partial charge in [-0.3, -0.25) is 14.5 Å². The van der Waals surface area contributed by atoms with Gasteiger partial charge in [0.25, 0.3) is 5.91 Å². The summed E-state index contributed by atoms with van der Waals surface area (Å²) in [6, 6.07) is 15.8. The summed E-state index contributed by atoms with van der Waals surface area (Å²) in [6.07, 6.45) is 4.13. The number of nitrogens with one attached hydrogen (secondary N) is 1. The summed E-state index contributed by atoms with van der Waals surface area (Å²) in [6.45, 7) is 6.90. The molecule has 2 aromatic rings. The van der Waals surface area contributed by atoms with Crippen LogP contribution in [0.25, 0.3) is 0 Å². The number of ether oxygens (including phenoxy) is 1. The van der Waals surface area contributed by atoms with Gasteiger partial charge in [0.05, 0.1) is 0 Å². The third kappa shape index (κ3) is 6.10. The largest absolute Gasteiger partial charge is 0.484 e. The first-order valence-corrected chi connectivity index (χ1v) is 11.7. The quantitative estimate of drug-likeness (QED) is 0.686. The van der Waals surface area contributed by atoms with Crippen molar-refractivity contribution in [3.05, 3.63) is 59.7 Å². The second-order valence-electron chi connectivity index (χ2n) is 9.01. The highest BCUT2D eigenvalue weighted by Crippen LogP contribution is 2.24. The Hall–Kier alpha value is -2.86. The molecule has 6 nitrogen and oxygen atoms in total. The van der Waals surface area contributed by atoms with E-state index in [-0.39, 0.29) is 18.4 Å². The minimum Gasteiger partial charge on any atom is -0.484 e. The molecule has 1 unspecified atom stereocenters. The molecule has 2 heterocycles. The van der Waals surface area contributed by atoms with Gasteiger partial charge in [-0.2, -0.15) is 0 Å². The Morgan fingerprint density at radius 1 is 1.03 bits per heavy atom. The molecule has 2 saturated heterocycles. The average molecular weight is 436 g/mol. The van der Waals surface area contributed by atoms with E-state index >= 15 is 0 Å². The fourth-order valence-electron chi connectivity index (χ4n) is 4.50. The molecule has 0 spiro atoms. The molecule has 32 heavy (non-hydrogen) atoms. The van der Waals surface area contributed by atoms with Gasteiger partial charge in [-0.05, 0) is 67.1 Å². The topological polar surface area (TPSA) is 61.9 Å². The Kier molecular flexibility index (Phi) is 7.43. The monoisotopic (exact) mass is 435 g/mol. The van der Waals surface area contributed by atoms with Crippen molar-refractivity contribution in [3.8, 4) is 5.75 Å². The van der Waals surface area contributed by atoms with Crippen LogP contribution in [-0.4, -0.2) is 43.0 Å². The molecule has 1 N–H and O–H groups in total. The summed E-state index contributed by atoms with van der Waals surface area (Å²) in [5.74, 6) is 1.40. The Morgan fingerprint density at radius 2 is 1.78 bits per heavy atom. The van der Waals surface area contributed by atoms with Gasteiger partial charge in [-0.15, -0.1) is 0 Å². The van der Waals surface area contributed by atoms with E-state index in [1.165, 1.54) is 31.5 Å². The maximum absolute atomic E-state index is 12.2. The molecule has 2 aliphatic heterocycles. The zero-order valence-corrected chi connectivity index (χ0v) is 18.9. The number of amides is 2. The number of piperidine rings is 1. The van der Waals surface area contributed by atoms with Crippen molar-refractivity contribution in [1.29, 1.82) is 0 Å². The highest BCUT2D eigenvalue weighted by Gasteiger charge is 2.21. The highest BCUT2D eigenvalue weighted by atomic mass is 16.5. The van der Waals surface area contributed by atoms with Crippen LogP contribution in [0.15, 0.2) is 48.5 Å². The van der Waals surface area contributed by atoms with Crippen LogP contribution in [0.5, 0.6) is 5.75 Å². The molecule has 2 aliphatic rings. The lowest BCUT2D eigenvalue weighted by Gasteiger charge is -2.30. The molecule has 0 aliphatic carbocycles. The Morgan fingerprint density at radius 3 is 2.47 bits per heavy atom. The molecule has 6 heteroatoms. The van der Waals surface area contributed by atoms with Gasteiger partial charge in [-0.1, -0.05) is 31.2 Å². The van der Waals surface area contributed by atoms with Crippen LogP contribution in [0.1, 0.15) is 43.7 Å². The highest BCUT2D eigenvalue weighted by molar-refractivity contribution is 5.95. The molecule has 0 saturated carbocycles. The van der Waals surface area contributed by atoms with Gasteiger partial charge in [-0.25, -0.2) is 0 Å². The van der Waals surface area contributed by atoms with E-state index in [0.717, 1.165) is 36.7 Å². The number of nitrogens with zero attached hydrogens (tertiary/aromatic N) is 2. The molecule has 170 valence electrons. The van der Waals surface area contributed by atoms with E-state index < -0.39 is 0 Å². The fraction of sp³-hybridized carbons (Fsp3) is 0.462. The first kappa shape index (κ1) is 22.3. The number of hydrogen-bond acceptors (Lipinski definition) is 4. The van der Waals surface area contributed by atoms with E-state index in [0.29, 0.717) is 18.7 Å². The number of hydrogen-bond donors (Lipinski definition) is 1. The van der Waals surface area contributed by atoms with Gasteiger partial charge in [0.15, 0.2) is 6.61 Å². The van der Waals surface area contributed by atoms with Crippen LogP contribution < -0.4 is 15.0 Å². The van der Waals surface area contributed by atoms with Crippen molar-refractivity contribution in [1.82, 2.24) is 10.2 Å².